The van der Waals surface area contributed by atoms with Crippen molar-refractivity contribution in [3.05, 3.63) is 18.2 Å². The number of aromatic nitrogens is 1. The summed E-state index contributed by atoms with van der Waals surface area (Å²) < 4.78 is 17.7. The second-order valence-corrected chi connectivity index (χ2v) is 3.51. The molecule has 0 unspecified atom stereocenters. The molecular formula is C8H12N3OS-. The van der Waals surface area contributed by atoms with Crippen LogP contribution >= 0.6 is 0 Å². The minimum absolute atomic E-state index is 0.293. The fourth-order valence-corrected chi connectivity index (χ4v) is 1.25. The average molecular weight is 198 g/mol. The van der Waals surface area contributed by atoms with Crippen LogP contribution in [0, 0.1) is 4.78 Å². The quantitative estimate of drug-likeness (QED) is 0.727. The summed E-state index contributed by atoms with van der Waals surface area (Å²) in [7, 11) is -1.75. The van der Waals surface area contributed by atoms with E-state index in [-0.39, 0.29) is 0 Å². The number of anilines is 1. The van der Waals surface area contributed by atoms with Gasteiger partial charge in [-0.05, 0) is 17.5 Å². The van der Waals surface area contributed by atoms with E-state index in [1.54, 1.807) is 18.2 Å². The summed E-state index contributed by atoms with van der Waals surface area (Å²) >= 11 is 0. The molecule has 1 rings (SSSR count). The zero-order chi connectivity index (χ0) is 9.68. The Labute approximate surface area is 79.4 Å². The van der Waals surface area contributed by atoms with Crippen molar-refractivity contribution < 1.29 is 4.21 Å². The third-order valence-corrected chi connectivity index (χ3v) is 2.08. The lowest BCUT2D eigenvalue weighted by molar-refractivity contribution is 0.597. The summed E-state index contributed by atoms with van der Waals surface area (Å²) in [6, 6.07) is 5.12. The van der Waals surface area contributed by atoms with Gasteiger partial charge in [-0.25, -0.2) is 0 Å². The Bertz CT molecular complexity index is 341. The number of pyridine rings is 1. The topological polar surface area (TPSA) is 65.8 Å². The van der Waals surface area contributed by atoms with Gasteiger partial charge in [-0.2, -0.15) is 0 Å². The van der Waals surface area contributed by atoms with E-state index in [0.717, 1.165) is 13.0 Å². The zero-order valence-electron chi connectivity index (χ0n) is 7.41. The van der Waals surface area contributed by atoms with Crippen LogP contribution < -0.4 is 5.32 Å². The molecule has 0 aliphatic rings. The van der Waals surface area contributed by atoms with Crippen molar-refractivity contribution in [3.8, 4) is 0 Å². The first-order chi connectivity index (χ1) is 6.24. The minimum Gasteiger partial charge on any atom is -0.439 e. The smallest absolute Gasteiger partial charge is 0.124 e. The van der Waals surface area contributed by atoms with Crippen molar-refractivity contribution in [2.24, 2.45) is 0 Å². The summed E-state index contributed by atoms with van der Waals surface area (Å²) in [6.07, 6.45) is 1.01. The van der Waals surface area contributed by atoms with E-state index in [1.165, 1.54) is 0 Å². The van der Waals surface area contributed by atoms with E-state index < -0.39 is 10.6 Å². The molecule has 2 N–H and O–H groups in total. The summed E-state index contributed by atoms with van der Waals surface area (Å²) in [4.78, 5) is 4.01. The lowest BCUT2D eigenvalue weighted by Gasteiger charge is -2.06. The lowest BCUT2D eigenvalue weighted by atomic mass is 10.4. The molecule has 72 valence electrons. The van der Waals surface area contributed by atoms with E-state index in [0.29, 0.717) is 10.8 Å². The van der Waals surface area contributed by atoms with E-state index in [4.69, 9.17) is 4.78 Å². The van der Waals surface area contributed by atoms with E-state index in [2.05, 4.69) is 17.2 Å². The predicted octanol–water partition coefficient (Wildman–Crippen LogP) is 1.99. The molecule has 1 heterocycles. The Balaban J connectivity index is 2.79. The molecule has 0 saturated carbocycles. The van der Waals surface area contributed by atoms with Crippen LogP contribution in [0.3, 0.4) is 0 Å². The molecule has 1 aromatic heterocycles. The first-order valence-corrected chi connectivity index (χ1v) is 5.23. The van der Waals surface area contributed by atoms with Gasteiger partial charge in [-0.15, -0.1) is 10.6 Å². The monoisotopic (exact) mass is 198 g/mol. The van der Waals surface area contributed by atoms with Crippen molar-refractivity contribution in [2.45, 2.75) is 18.4 Å². The van der Waals surface area contributed by atoms with Crippen LogP contribution in [0.1, 0.15) is 13.3 Å². The highest BCUT2D eigenvalue weighted by Gasteiger charge is 1.90. The molecule has 0 aromatic carbocycles. The summed E-state index contributed by atoms with van der Waals surface area (Å²) in [5, 5.41) is 3.35. The van der Waals surface area contributed by atoms with Gasteiger partial charge in [0.05, 0.1) is 0 Å². The highest BCUT2D eigenvalue weighted by atomic mass is 32.2. The van der Waals surface area contributed by atoms with Crippen molar-refractivity contribution in [2.75, 3.05) is 11.9 Å². The van der Waals surface area contributed by atoms with E-state index in [1.807, 2.05) is 0 Å². The van der Waals surface area contributed by atoms with Crippen molar-refractivity contribution >= 4 is 16.4 Å². The summed E-state index contributed by atoms with van der Waals surface area (Å²) in [5.41, 5.74) is 0. The van der Waals surface area contributed by atoms with Gasteiger partial charge in [0.2, 0.25) is 0 Å². The maximum absolute atomic E-state index is 10.8. The normalized spacial score (nSPS) is 10.3. The van der Waals surface area contributed by atoms with Gasteiger partial charge in [0, 0.05) is 6.54 Å². The van der Waals surface area contributed by atoms with Crippen LogP contribution in [0.2, 0.25) is 0 Å². The summed E-state index contributed by atoms with van der Waals surface area (Å²) in [6.45, 7) is 2.89. The molecule has 4 nitrogen and oxygen atoms in total. The SMILES string of the molecule is CCCNc1cccc([S-](=N)=O)n1. The minimum atomic E-state index is -1.75. The second-order valence-electron chi connectivity index (χ2n) is 2.56. The highest BCUT2D eigenvalue weighted by Crippen LogP contribution is 2.05. The van der Waals surface area contributed by atoms with Gasteiger partial charge in [0.15, 0.2) is 0 Å². The molecule has 0 bridgehead atoms. The molecule has 1 aromatic rings. The standard InChI is InChI=1S/C8H12N3OS/c1-2-6-10-7-4-3-5-8(11-7)13(9)12/h3-5,9H,2,6H2,1H3,(H,10,11)/q-1. The van der Waals surface area contributed by atoms with Crippen molar-refractivity contribution in [1.82, 2.24) is 4.98 Å². The molecule has 5 heteroatoms. The van der Waals surface area contributed by atoms with Crippen LogP contribution in [0.25, 0.3) is 0 Å². The van der Waals surface area contributed by atoms with Crippen LogP contribution in [0.5, 0.6) is 0 Å². The molecule has 0 spiro atoms. The number of hydrogen-bond donors (Lipinski definition) is 2. The third-order valence-electron chi connectivity index (χ3n) is 1.47. The molecule has 0 amide bonds. The molecule has 0 aliphatic heterocycles. The molecule has 0 atom stereocenters. The van der Waals surface area contributed by atoms with Gasteiger partial charge in [0.25, 0.3) is 0 Å². The van der Waals surface area contributed by atoms with Crippen molar-refractivity contribution in [1.29, 1.82) is 4.78 Å². The Morgan fingerprint density at radius 2 is 2.38 bits per heavy atom. The predicted molar refractivity (Wildman–Crippen MR) is 52.1 cm³/mol. The van der Waals surface area contributed by atoms with Crippen LogP contribution in [0.15, 0.2) is 23.2 Å². The maximum Gasteiger partial charge on any atom is 0.124 e. The number of rotatable bonds is 4. The fraction of sp³-hybridized carbons (Fsp3) is 0.375. The number of hydrogen-bond acceptors (Lipinski definition) is 5. The molecular weight excluding hydrogens is 186 g/mol. The van der Waals surface area contributed by atoms with E-state index >= 15 is 0 Å². The first-order valence-electron chi connectivity index (χ1n) is 4.08. The largest absolute Gasteiger partial charge is 0.439 e. The Kier molecular flexibility index (Phi) is 3.70. The maximum atomic E-state index is 10.8. The fourth-order valence-electron chi connectivity index (χ4n) is 0.870. The zero-order valence-corrected chi connectivity index (χ0v) is 8.23. The highest BCUT2D eigenvalue weighted by molar-refractivity contribution is 7.73. The number of nitrogens with one attached hydrogen (secondary N) is 2. The first kappa shape index (κ1) is 9.98. The van der Waals surface area contributed by atoms with E-state index in [9.17, 15) is 4.21 Å². The van der Waals surface area contributed by atoms with Gasteiger partial charge in [0.1, 0.15) is 5.82 Å². The lowest BCUT2D eigenvalue weighted by Crippen LogP contribution is -2.02. The van der Waals surface area contributed by atoms with Crippen LogP contribution in [0.4, 0.5) is 5.82 Å². The Morgan fingerprint density at radius 1 is 1.62 bits per heavy atom. The summed E-state index contributed by atoms with van der Waals surface area (Å²) in [5.74, 6) is 0.681. The van der Waals surface area contributed by atoms with Gasteiger partial charge >= 0.3 is 0 Å². The van der Waals surface area contributed by atoms with Gasteiger partial charge in [-0.3, -0.25) is 4.98 Å². The Hall–Kier alpha value is -1.10. The molecule has 0 saturated heterocycles. The van der Waals surface area contributed by atoms with Crippen LogP contribution in [-0.4, -0.2) is 11.5 Å². The Morgan fingerprint density at radius 3 is 3.00 bits per heavy atom. The number of nitrogens with zero attached hydrogens (tertiary/aromatic N) is 1. The second kappa shape index (κ2) is 4.81. The van der Waals surface area contributed by atoms with Gasteiger partial charge in [-0.1, -0.05) is 19.1 Å². The van der Waals surface area contributed by atoms with Crippen molar-refractivity contribution in [3.63, 3.8) is 0 Å². The third kappa shape index (κ3) is 3.02. The molecule has 0 aliphatic carbocycles. The van der Waals surface area contributed by atoms with Gasteiger partial charge < -0.3 is 14.3 Å². The molecule has 13 heavy (non-hydrogen) atoms. The molecule has 0 fully saturated rings. The molecule has 0 radical (unpaired) electrons. The van der Waals surface area contributed by atoms with Crippen LogP contribution in [-0.2, 0) is 14.8 Å². The average Bonchev–Trinajstić information content (AvgIpc) is 2.15.